The number of nitrogens with two attached hydrogens (primary N) is 1. The number of carbonyl (C=O) groups is 3. The standard InChI is InChI=1S/C25H18N4O4/c26-22-19-10-3-4-11-20(19)27-21(28-22)14-33-25(32)16-7-5-6-15(12-16)13-29-23(30)17-8-1-2-9-18(17)24(29)31/h1-12H,13-14H2,(H2,26,27,28). The molecule has 8 nitrogen and oxygen atoms in total. The molecule has 1 aliphatic rings. The van der Waals surface area contributed by atoms with E-state index in [4.69, 9.17) is 10.5 Å². The normalized spacial score (nSPS) is 12.8. The summed E-state index contributed by atoms with van der Waals surface area (Å²) in [6.07, 6.45) is 0. The lowest BCUT2D eigenvalue weighted by atomic mass is 10.1. The number of hydrogen-bond acceptors (Lipinski definition) is 7. The highest BCUT2D eigenvalue weighted by Crippen LogP contribution is 2.24. The highest BCUT2D eigenvalue weighted by molar-refractivity contribution is 6.21. The molecule has 0 saturated carbocycles. The highest BCUT2D eigenvalue weighted by atomic mass is 16.5. The van der Waals surface area contributed by atoms with E-state index in [2.05, 4.69) is 9.97 Å². The Kier molecular flexibility index (Phi) is 5.02. The van der Waals surface area contributed by atoms with E-state index in [1.165, 1.54) is 4.90 Å². The molecule has 0 fully saturated rings. The summed E-state index contributed by atoms with van der Waals surface area (Å²) >= 11 is 0. The van der Waals surface area contributed by atoms with Crippen LogP contribution in [0.3, 0.4) is 0 Å². The zero-order valence-electron chi connectivity index (χ0n) is 17.4. The summed E-state index contributed by atoms with van der Waals surface area (Å²) in [7, 11) is 0. The first-order valence-electron chi connectivity index (χ1n) is 10.2. The van der Waals surface area contributed by atoms with Gasteiger partial charge in [-0.25, -0.2) is 14.8 Å². The SMILES string of the molecule is Nc1nc(COC(=O)c2cccc(CN3C(=O)c4ccccc4C3=O)c2)nc2ccccc12. The molecule has 1 aliphatic heterocycles. The van der Waals surface area contributed by atoms with E-state index >= 15 is 0 Å². The maximum atomic E-state index is 12.6. The third kappa shape index (κ3) is 3.78. The summed E-state index contributed by atoms with van der Waals surface area (Å²) in [6, 6.07) is 20.6. The summed E-state index contributed by atoms with van der Waals surface area (Å²) in [6.45, 7) is -0.0890. The van der Waals surface area contributed by atoms with Crippen molar-refractivity contribution in [3.8, 4) is 0 Å². The Morgan fingerprint density at radius 1 is 0.879 bits per heavy atom. The molecular weight excluding hydrogens is 420 g/mol. The smallest absolute Gasteiger partial charge is 0.338 e. The van der Waals surface area contributed by atoms with Crippen molar-refractivity contribution in [3.05, 3.63) is 101 Å². The Hall–Kier alpha value is -4.59. The van der Waals surface area contributed by atoms with E-state index in [9.17, 15) is 14.4 Å². The topological polar surface area (TPSA) is 115 Å². The van der Waals surface area contributed by atoms with Gasteiger partial charge in [-0.1, -0.05) is 36.4 Å². The fourth-order valence-corrected chi connectivity index (χ4v) is 3.79. The predicted molar refractivity (Wildman–Crippen MR) is 120 cm³/mol. The third-order valence-corrected chi connectivity index (χ3v) is 5.39. The molecule has 0 unspecified atom stereocenters. The number of hydrogen-bond donors (Lipinski definition) is 1. The number of rotatable bonds is 5. The van der Waals surface area contributed by atoms with Crippen molar-refractivity contribution in [1.82, 2.24) is 14.9 Å². The number of fused-ring (bicyclic) bond motifs is 2. The van der Waals surface area contributed by atoms with Crippen LogP contribution < -0.4 is 5.73 Å². The Balaban J connectivity index is 1.29. The van der Waals surface area contributed by atoms with Gasteiger partial charge in [-0.2, -0.15) is 0 Å². The maximum absolute atomic E-state index is 12.6. The molecule has 2 amide bonds. The summed E-state index contributed by atoms with van der Waals surface area (Å²) in [4.78, 5) is 47.5. The maximum Gasteiger partial charge on any atom is 0.338 e. The molecular formula is C25H18N4O4. The van der Waals surface area contributed by atoms with E-state index in [1.54, 1.807) is 54.6 Å². The van der Waals surface area contributed by atoms with Gasteiger partial charge < -0.3 is 10.5 Å². The van der Waals surface area contributed by atoms with Gasteiger partial charge in [0.25, 0.3) is 11.8 Å². The van der Waals surface area contributed by atoms with E-state index in [1.807, 2.05) is 18.2 Å². The van der Waals surface area contributed by atoms with Gasteiger partial charge in [-0.15, -0.1) is 0 Å². The van der Waals surface area contributed by atoms with Gasteiger partial charge in [0.15, 0.2) is 12.4 Å². The summed E-state index contributed by atoms with van der Waals surface area (Å²) in [5, 5.41) is 0.730. The van der Waals surface area contributed by atoms with Crippen LogP contribution in [0.25, 0.3) is 10.9 Å². The van der Waals surface area contributed by atoms with Crippen LogP contribution in [0.4, 0.5) is 5.82 Å². The molecule has 4 aromatic rings. The second kappa shape index (κ2) is 8.16. The number of imide groups is 1. The van der Waals surface area contributed by atoms with Crippen molar-refractivity contribution in [1.29, 1.82) is 0 Å². The minimum Gasteiger partial charge on any atom is -0.454 e. The first kappa shape index (κ1) is 20.3. The lowest BCUT2D eigenvalue weighted by Crippen LogP contribution is -2.29. The lowest BCUT2D eigenvalue weighted by molar-refractivity contribution is 0.0462. The fraction of sp³-hybridized carbons (Fsp3) is 0.0800. The van der Waals surface area contributed by atoms with E-state index in [0.717, 1.165) is 5.39 Å². The van der Waals surface area contributed by atoms with Crippen LogP contribution in [-0.2, 0) is 17.9 Å². The molecule has 3 aromatic carbocycles. The summed E-state index contributed by atoms with van der Waals surface area (Å²) in [5.41, 5.74) is 8.32. The molecule has 8 heteroatoms. The number of nitrogen functional groups attached to an aromatic ring is 1. The molecule has 0 atom stereocenters. The van der Waals surface area contributed by atoms with Crippen molar-refractivity contribution in [2.45, 2.75) is 13.2 Å². The van der Waals surface area contributed by atoms with Gasteiger partial charge in [0.1, 0.15) is 5.82 Å². The molecule has 162 valence electrons. The van der Waals surface area contributed by atoms with Crippen molar-refractivity contribution in [2.75, 3.05) is 5.73 Å². The number of anilines is 1. The van der Waals surface area contributed by atoms with Crippen LogP contribution in [0.15, 0.2) is 72.8 Å². The quantitative estimate of drug-likeness (QED) is 0.375. The molecule has 2 heterocycles. The van der Waals surface area contributed by atoms with Gasteiger partial charge in [0.2, 0.25) is 0 Å². The number of amides is 2. The first-order valence-corrected chi connectivity index (χ1v) is 10.2. The largest absolute Gasteiger partial charge is 0.454 e. The van der Waals surface area contributed by atoms with E-state index in [0.29, 0.717) is 33.8 Å². The van der Waals surface area contributed by atoms with Gasteiger partial charge in [-0.05, 0) is 42.0 Å². The summed E-state index contributed by atoms with van der Waals surface area (Å²) < 4.78 is 5.37. The van der Waals surface area contributed by atoms with E-state index in [-0.39, 0.29) is 30.5 Å². The Morgan fingerprint density at radius 3 is 2.33 bits per heavy atom. The zero-order valence-corrected chi connectivity index (χ0v) is 17.4. The molecule has 0 spiro atoms. The minimum absolute atomic E-state index is 0.0534. The fourth-order valence-electron chi connectivity index (χ4n) is 3.79. The molecule has 2 N–H and O–H groups in total. The van der Waals surface area contributed by atoms with Crippen molar-refractivity contribution in [3.63, 3.8) is 0 Å². The van der Waals surface area contributed by atoms with E-state index < -0.39 is 5.97 Å². The number of benzene rings is 3. The monoisotopic (exact) mass is 438 g/mol. The average Bonchev–Trinajstić information content (AvgIpc) is 3.08. The number of esters is 1. The zero-order chi connectivity index (χ0) is 22.9. The molecule has 0 saturated heterocycles. The summed E-state index contributed by atoms with van der Waals surface area (Å²) in [5.74, 6) is -0.671. The average molecular weight is 438 g/mol. The minimum atomic E-state index is -0.574. The predicted octanol–water partition coefficient (Wildman–Crippen LogP) is 3.37. The number of carbonyl (C=O) groups excluding carboxylic acids is 3. The molecule has 33 heavy (non-hydrogen) atoms. The number of nitrogens with zero attached hydrogens (tertiary/aromatic N) is 3. The lowest BCUT2D eigenvalue weighted by Gasteiger charge is -2.14. The Labute approximate surface area is 188 Å². The molecule has 0 bridgehead atoms. The van der Waals surface area contributed by atoms with Gasteiger partial charge in [0, 0.05) is 5.39 Å². The Bertz CT molecular complexity index is 1400. The van der Waals surface area contributed by atoms with Crippen LogP contribution >= 0.6 is 0 Å². The van der Waals surface area contributed by atoms with Crippen molar-refractivity contribution >= 4 is 34.5 Å². The van der Waals surface area contributed by atoms with Crippen LogP contribution in [-0.4, -0.2) is 32.7 Å². The van der Waals surface area contributed by atoms with Crippen molar-refractivity contribution in [2.24, 2.45) is 0 Å². The van der Waals surface area contributed by atoms with Gasteiger partial charge in [-0.3, -0.25) is 14.5 Å². The van der Waals surface area contributed by atoms with Gasteiger partial charge in [0.05, 0.1) is 28.8 Å². The number of para-hydroxylation sites is 1. The molecule has 5 rings (SSSR count). The second-order valence-electron chi connectivity index (χ2n) is 7.56. The van der Waals surface area contributed by atoms with Crippen molar-refractivity contribution < 1.29 is 19.1 Å². The number of aromatic nitrogens is 2. The first-order chi connectivity index (χ1) is 16.0. The second-order valence-corrected chi connectivity index (χ2v) is 7.56. The van der Waals surface area contributed by atoms with Crippen LogP contribution in [0, 0.1) is 0 Å². The van der Waals surface area contributed by atoms with Gasteiger partial charge >= 0.3 is 5.97 Å². The number of ether oxygens (including phenoxy) is 1. The van der Waals surface area contributed by atoms with Crippen LogP contribution in [0.1, 0.15) is 42.5 Å². The highest BCUT2D eigenvalue weighted by Gasteiger charge is 2.35. The Morgan fingerprint density at radius 2 is 1.58 bits per heavy atom. The molecule has 0 aliphatic carbocycles. The molecule has 1 aromatic heterocycles. The van der Waals surface area contributed by atoms with Crippen LogP contribution in [0.5, 0.6) is 0 Å². The van der Waals surface area contributed by atoms with Crippen LogP contribution in [0.2, 0.25) is 0 Å². The third-order valence-electron chi connectivity index (χ3n) is 5.39. The molecule has 0 radical (unpaired) electrons.